The number of Topliss-reactive ketones (excluding diaryl/α,β-unsaturated/α-hetero) is 1. The van der Waals surface area contributed by atoms with E-state index in [2.05, 4.69) is 0 Å². The zero-order valence-electron chi connectivity index (χ0n) is 9.81. The average molecular weight is 246 g/mol. The summed E-state index contributed by atoms with van der Waals surface area (Å²) in [5, 5.41) is 0. The maximum atomic E-state index is 12.9. The smallest absolute Gasteiger partial charge is 0.420 e. The molecule has 1 aromatic rings. The Labute approximate surface area is 97.4 Å². The summed E-state index contributed by atoms with van der Waals surface area (Å²) in [7, 11) is 0. The first kappa shape index (κ1) is 13.5. The molecule has 0 aliphatic carbocycles. The van der Waals surface area contributed by atoms with E-state index in [9.17, 15) is 18.0 Å². The van der Waals surface area contributed by atoms with Gasteiger partial charge in [-0.2, -0.15) is 13.2 Å². The molecule has 1 rings (SSSR count). The molecule has 0 radical (unpaired) electrons. The number of carbonyl (C=O) groups is 1. The molecule has 94 valence electrons. The van der Waals surface area contributed by atoms with Gasteiger partial charge < -0.3 is 4.74 Å². The van der Waals surface area contributed by atoms with Crippen molar-refractivity contribution in [3.8, 4) is 5.75 Å². The molecular weight excluding hydrogens is 233 g/mol. The third-order valence-corrected chi connectivity index (χ3v) is 2.31. The lowest BCUT2D eigenvalue weighted by atomic mass is 9.97. The van der Waals surface area contributed by atoms with Gasteiger partial charge in [-0.15, -0.1) is 0 Å². The molecule has 0 N–H and O–H groups in total. The fraction of sp³-hybridized carbons (Fsp3) is 0.417. The Balaban J connectivity index is 3.56. The van der Waals surface area contributed by atoms with Crippen molar-refractivity contribution in [2.75, 3.05) is 6.61 Å². The lowest BCUT2D eigenvalue weighted by Crippen LogP contribution is -2.15. The van der Waals surface area contributed by atoms with Crippen LogP contribution < -0.4 is 4.74 Å². The molecule has 0 aliphatic rings. The normalized spacial score (nSPS) is 11.4. The molecule has 0 spiro atoms. The summed E-state index contributed by atoms with van der Waals surface area (Å²) >= 11 is 0. The Morgan fingerprint density at radius 2 is 1.94 bits per heavy atom. The monoisotopic (exact) mass is 246 g/mol. The number of aryl methyl sites for hydroxylation is 1. The van der Waals surface area contributed by atoms with Crippen molar-refractivity contribution in [2.24, 2.45) is 0 Å². The minimum absolute atomic E-state index is 0.115. The van der Waals surface area contributed by atoms with Gasteiger partial charge in [-0.25, -0.2) is 0 Å². The average Bonchev–Trinajstić information content (AvgIpc) is 2.18. The van der Waals surface area contributed by atoms with E-state index in [-0.39, 0.29) is 17.9 Å². The molecule has 2 nitrogen and oxygen atoms in total. The van der Waals surface area contributed by atoms with E-state index in [1.807, 2.05) is 0 Å². The molecule has 5 heteroatoms. The van der Waals surface area contributed by atoms with Crippen molar-refractivity contribution in [2.45, 2.75) is 26.9 Å². The van der Waals surface area contributed by atoms with Crippen LogP contribution >= 0.6 is 0 Å². The van der Waals surface area contributed by atoms with E-state index in [1.165, 1.54) is 19.1 Å². The second-order valence-corrected chi connectivity index (χ2v) is 3.62. The van der Waals surface area contributed by atoms with Gasteiger partial charge in [0.2, 0.25) is 0 Å². The lowest BCUT2D eigenvalue weighted by molar-refractivity contribution is -0.139. The summed E-state index contributed by atoms with van der Waals surface area (Å²) < 4.78 is 43.8. The molecule has 0 amide bonds. The molecule has 0 aromatic heterocycles. The van der Waals surface area contributed by atoms with Crippen molar-refractivity contribution >= 4 is 5.78 Å². The Bertz CT molecular complexity index is 436. The summed E-state index contributed by atoms with van der Waals surface area (Å²) in [5.41, 5.74) is -0.997. The van der Waals surface area contributed by atoms with Crippen LogP contribution in [0.25, 0.3) is 0 Å². The number of carbonyl (C=O) groups excluding carboxylic acids is 1. The van der Waals surface area contributed by atoms with E-state index < -0.39 is 17.5 Å². The van der Waals surface area contributed by atoms with Gasteiger partial charge in [-0.1, -0.05) is 6.07 Å². The van der Waals surface area contributed by atoms with Crippen LogP contribution in [0.2, 0.25) is 0 Å². The van der Waals surface area contributed by atoms with Crippen LogP contribution in [0.15, 0.2) is 12.1 Å². The quantitative estimate of drug-likeness (QED) is 0.761. The fourth-order valence-corrected chi connectivity index (χ4v) is 1.70. The molecule has 0 heterocycles. The van der Waals surface area contributed by atoms with Gasteiger partial charge in [0.05, 0.1) is 6.61 Å². The Hall–Kier alpha value is -1.52. The minimum atomic E-state index is -4.60. The zero-order valence-corrected chi connectivity index (χ0v) is 9.81. The number of halogens is 3. The van der Waals surface area contributed by atoms with Crippen molar-refractivity contribution < 1.29 is 22.7 Å². The van der Waals surface area contributed by atoms with E-state index in [0.717, 1.165) is 6.92 Å². The van der Waals surface area contributed by atoms with Crippen LogP contribution in [0, 0.1) is 6.92 Å². The van der Waals surface area contributed by atoms with Gasteiger partial charge in [0.25, 0.3) is 0 Å². The summed E-state index contributed by atoms with van der Waals surface area (Å²) in [6.07, 6.45) is -4.60. The van der Waals surface area contributed by atoms with Crippen LogP contribution in [-0.2, 0) is 6.18 Å². The van der Waals surface area contributed by atoms with Gasteiger partial charge in [0.15, 0.2) is 5.78 Å². The Morgan fingerprint density at radius 3 is 2.35 bits per heavy atom. The summed E-state index contributed by atoms with van der Waals surface area (Å²) in [6, 6.07) is 2.70. The van der Waals surface area contributed by atoms with Crippen LogP contribution in [0.3, 0.4) is 0 Å². The third kappa shape index (κ3) is 2.78. The van der Waals surface area contributed by atoms with Crippen molar-refractivity contribution in [3.63, 3.8) is 0 Å². The number of ketones is 1. The minimum Gasteiger partial charge on any atom is -0.493 e. The summed E-state index contributed by atoms with van der Waals surface area (Å²) in [5.74, 6) is -0.910. The highest BCUT2D eigenvalue weighted by Gasteiger charge is 2.38. The van der Waals surface area contributed by atoms with E-state index in [0.29, 0.717) is 5.56 Å². The van der Waals surface area contributed by atoms with Gasteiger partial charge in [-0.05, 0) is 32.4 Å². The fourth-order valence-electron chi connectivity index (χ4n) is 1.70. The largest absolute Gasteiger partial charge is 0.493 e. The first-order chi connectivity index (χ1) is 7.79. The molecule has 0 fully saturated rings. The van der Waals surface area contributed by atoms with Crippen LogP contribution in [0.5, 0.6) is 5.75 Å². The number of hydrogen-bond donors (Lipinski definition) is 0. The van der Waals surface area contributed by atoms with Gasteiger partial charge in [0, 0.05) is 5.56 Å². The predicted molar refractivity (Wildman–Crippen MR) is 57.4 cm³/mol. The van der Waals surface area contributed by atoms with E-state index >= 15 is 0 Å². The SMILES string of the molecule is CCOc1ccc(C)c(C(C)=O)c1C(F)(F)F. The molecule has 17 heavy (non-hydrogen) atoms. The molecule has 0 saturated heterocycles. The van der Waals surface area contributed by atoms with Gasteiger partial charge >= 0.3 is 6.18 Å². The standard InChI is InChI=1S/C12H13F3O2/c1-4-17-9-6-5-7(2)10(8(3)16)11(9)12(13,14)15/h5-6H,4H2,1-3H3. The second-order valence-electron chi connectivity index (χ2n) is 3.62. The second kappa shape index (κ2) is 4.77. The maximum Gasteiger partial charge on any atom is 0.420 e. The molecule has 0 unspecified atom stereocenters. The Morgan fingerprint density at radius 1 is 1.35 bits per heavy atom. The maximum absolute atomic E-state index is 12.9. The van der Waals surface area contributed by atoms with E-state index in [1.54, 1.807) is 6.92 Å². The first-order valence-electron chi connectivity index (χ1n) is 5.13. The van der Waals surface area contributed by atoms with Crippen molar-refractivity contribution in [3.05, 3.63) is 28.8 Å². The number of rotatable bonds is 3. The van der Waals surface area contributed by atoms with Crippen molar-refractivity contribution in [1.82, 2.24) is 0 Å². The Kier molecular flexibility index (Phi) is 3.80. The first-order valence-corrected chi connectivity index (χ1v) is 5.13. The van der Waals surface area contributed by atoms with Crippen LogP contribution in [0.1, 0.15) is 35.3 Å². The topological polar surface area (TPSA) is 26.3 Å². The third-order valence-electron chi connectivity index (χ3n) is 2.31. The van der Waals surface area contributed by atoms with Crippen LogP contribution in [0.4, 0.5) is 13.2 Å². The number of alkyl halides is 3. The molecule has 1 aromatic carbocycles. The zero-order chi connectivity index (χ0) is 13.2. The van der Waals surface area contributed by atoms with Gasteiger partial charge in [0.1, 0.15) is 11.3 Å². The number of ether oxygens (including phenoxy) is 1. The molecule has 0 bridgehead atoms. The predicted octanol–water partition coefficient (Wildman–Crippen LogP) is 3.62. The number of benzene rings is 1. The molecular formula is C12H13F3O2. The summed E-state index contributed by atoms with van der Waals surface area (Å²) in [4.78, 5) is 11.3. The molecule has 0 aliphatic heterocycles. The van der Waals surface area contributed by atoms with Crippen LogP contribution in [-0.4, -0.2) is 12.4 Å². The van der Waals surface area contributed by atoms with E-state index in [4.69, 9.17) is 4.74 Å². The summed E-state index contributed by atoms with van der Waals surface area (Å²) in [6.45, 7) is 4.30. The highest BCUT2D eigenvalue weighted by molar-refractivity contribution is 5.98. The van der Waals surface area contributed by atoms with Gasteiger partial charge in [-0.3, -0.25) is 4.79 Å². The van der Waals surface area contributed by atoms with Crippen molar-refractivity contribution in [1.29, 1.82) is 0 Å². The highest BCUT2D eigenvalue weighted by Crippen LogP contribution is 2.40. The lowest BCUT2D eigenvalue weighted by Gasteiger charge is -2.17. The molecule has 0 atom stereocenters. The number of hydrogen-bond acceptors (Lipinski definition) is 2. The molecule has 0 saturated carbocycles. The highest BCUT2D eigenvalue weighted by atomic mass is 19.4.